The molecular formula is C23H15BrFNO2. The predicted octanol–water partition coefficient (Wildman–Crippen LogP) is 4.37. The lowest BCUT2D eigenvalue weighted by Gasteiger charge is -2.19. The van der Waals surface area contributed by atoms with Gasteiger partial charge in [0, 0.05) is 15.6 Å². The molecule has 0 radical (unpaired) electrons. The molecule has 0 saturated carbocycles. The van der Waals surface area contributed by atoms with Crippen molar-refractivity contribution in [2.24, 2.45) is 0 Å². The molecule has 1 aliphatic rings. The topological polar surface area (TPSA) is 40.5 Å². The van der Waals surface area contributed by atoms with E-state index >= 15 is 0 Å². The summed E-state index contributed by atoms with van der Waals surface area (Å²) in [5, 5.41) is 11.2. The van der Waals surface area contributed by atoms with Gasteiger partial charge in [-0.05, 0) is 53.9 Å². The molecule has 3 nitrogen and oxygen atoms in total. The zero-order chi connectivity index (χ0) is 19.7. The van der Waals surface area contributed by atoms with Crippen molar-refractivity contribution in [2.75, 3.05) is 4.90 Å². The van der Waals surface area contributed by atoms with E-state index in [0.29, 0.717) is 11.3 Å². The molecular weight excluding hydrogens is 421 g/mol. The lowest BCUT2D eigenvalue weighted by molar-refractivity contribution is -0.130. The number of anilines is 1. The maximum atomic E-state index is 13.9. The third-order valence-electron chi connectivity index (χ3n) is 4.61. The summed E-state index contributed by atoms with van der Waals surface area (Å²) >= 11 is 3.35. The summed E-state index contributed by atoms with van der Waals surface area (Å²) in [5.41, 5.74) is 0.0697. The first-order valence-corrected chi connectivity index (χ1v) is 9.44. The number of amides is 1. The molecule has 1 heterocycles. The highest BCUT2D eigenvalue weighted by molar-refractivity contribution is 9.10. The standard InChI is InChI=1S/C23H15BrFNO2/c24-18-8-6-16(7-9-18)12-13-23(28)20-14-19(25)10-11-21(20)26(22(23)27)15-17-4-2-1-3-5-17/h1-11,14,28H,15H2. The predicted molar refractivity (Wildman–Crippen MR) is 109 cm³/mol. The van der Waals surface area contributed by atoms with Crippen molar-refractivity contribution in [1.29, 1.82) is 0 Å². The average molecular weight is 436 g/mol. The van der Waals surface area contributed by atoms with Crippen molar-refractivity contribution in [1.82, 2.24) is 0 Å². The molecule has 1 atom stereocenters. The molecule has 1 aliphatic heterocycles. The summed E-state index contributed by atoms with van der Waals surface area (Å²) in [6.07, 6.45) is 0. The van der Waals surface area contributed by atoms with Crippen LogP contribution in [0.4, 0.5) is 10.1 Å². The molecule has 0 bridgehead atoms. The molecule has 0 aromatic heterocycles. The minimum atomic E-state index is -2.10. The first-order chi connectivity index (χ1) is 13.5. The van der Waals surface area contributed by atoms with Gasteiger partial charge in [0.15, 0.2) is 0 Å². The summed E-state index contributed by atoms with van der Waals surface area (Å²) in [4.78, 5) is 14.6. The zero-order valence-corrected chi connectivity index (χ0v) is 16.3. The second-order valence-corrected chi connectivity index (χ2v) is 7.42. The Labute approximate surface area is 170 Å². The summed E-state index contributed by atoms with van der Waals surface area (Å²) in [6.45, 7) is 0.264. The summed E-state index contributed by atoms with van der Waals surface area (Å²) in [5.74, 6) is 4.40. The second-order valence-electron chi connectivity index (χ2n) is 6.51. The molecule has 1 N–H and O–H groups in total. The van der Waals surface area contributed by atoms with E-state index < -0.39 is 17.3 Å². The molecule has 3 aromatic rings. The van der Waals surface area contributed by atoms with Gasteiger partial charge in [-0.1, -0.05) is 52.2 Å². The molecule has 0 spiro atoms. The normalized spacial score (nSPS) is 17.8. The largest absolute Gasteiger partial charge is 0.366 e. The average Bonchev–Trinajstić information content (AvgIpc) is 2.90. The van der Waals surface area contributed by atoms with Crippen molar-refractivity contribution in [3.05, 3.63) is 99.8 Å². The van der Waals surface area contributed by atoms with E-state index in [1.807, 2.05) is 42.5 Å². The molecule has 4 rings (SSSR count). The quantitative estimate of drug-likeness (QED) is 0.606. The van der Waals surface area contributed by atoms with E-state index in [-0.39, 0.29) is 12.1 Å². The summed E-state index contributed by atoms with van der Waals surface area (Å²) in [7, 11) is 0. The van der Waals surface area contributed by atoms with Crippen molar-refractivity contribution >= 4 is 27.5 Å². The number of fused-ring (bicyclic) bond motifs is 1. The van der Waals surface area contributed by atoms with Crippen LogP contribution in [0.15, 0.2) is 77.3 Å². The summed E-state index contributed by atoms with van der Waals surface area (Å²) in [6, 6.07) is 20.6. The van der Waals surface area contributed by atoms with Crippen LogP contribution in [0, 0.1) is 17.7 Å². The van der Waals surface area contributed by atoms with Gasteiger partial charge in [-0.3, -0.25) is 4.79 Å². The van der Waals surface area contributed by atoms with Crippen LogP contribution in [-0.4, -0.2) is 11.0 Å². The van der Waals surface area contributed by atoms with Crippen LogP contribution >= 0.6 is 15.9 Å². The minimum Gasteiger partial charge on any atom is -0.366 e. The maximum absolute atomic E-state index is 13.9. The number of benzene rings is 3. The van der Waals surface area contributed by atoms with E-state index in [1.54, 1.807) is 12.1 Å². The second kappa shape index (κ2) is 7.23. The van der Waals surface area contributed by atoms with E-state index in [2.05, 4.69) is 27.8 Å². The summed E-state index contributed by atoms with van der Waals surface area (Å²) < 4.78 is 14.8. The highest BCUT2D eigenvalue weighted by Gasteiger charge is 2.49. The van der Waals surface area contributed by atoms with Gasteiger partial charge >= 0.3 is 0 Å². The Morgan fingerprint density at radius 2 is 1.75 bits per heavy atom. The Kier molecular flexibility index (Phi) is 4.76. The molecule has 3 aromatic carbocycles. The highest BCUT2D eigenvalue weighted by Crippen LogP contribution is 2.41. The van der Waals surface area contributed by atoms with Crippen molar-refractivity contribution < 1.29 is 14.3 Å². The number of rotatable bonds is 2. The van der Waals surface area contributed by atoms with Crippen molar-refractivity contribution in [3.63, 3.8) is 0 Å². The van der Waals surface area contributed by atoms with E-state index in [1.165, 1.54) is 23.1 Å². The Morgan fingerprint density at radius 3 is 2.46 bits per heavy atom. The third kappa shape index (κ3) is 3.33. The molecule has 0 aliphatic carbocycles. The number of nitrogens with zero attached hydrogens (tertiary/aromatic N) is 1. The SMILES string of the molecule is O=C1N(Cc2ccccc2)c2ccc(F)cc2C1(O)C#Cc1ccc(Br)cc1. The Hall–Kier alpha value is -2.94. The van der Waals surface area contributed by atoms with Crippen LogP contribution in [0.5, 0.6) is 0 Å². The van der Waals surface area contributed by atoms with Crippen LogP contribution in [0.1, 0.15) is 16.7 Å². The van der Waals surface area contributed by atoms with Gasteiger partial charge < -0.3 is 10.0 Å². The fourth-order valence-corrected chi connectivity index (χ4v) is 3.46. The van der Waals surface area contributed by atoms with Crippen LogP contribution in [0.2, 0.25) is 0 Å². The van der Waals surface area contributed by atoms with E-state index in [0.717, 1.165) is 10.0 Å². The van der Waals surface area contributed by atoms with Crippen LogP contribution < -0.4 is 4.90 Å². The van der Waals surface area contributed by atoms with Crippen LogP contribution in [-0.2, 0) is 16.9 Å². The van der Waals surface area contributed by atoms with Gasteiger partial charge in [-0.2, -0.15) is 0 Å². The molecule has 0 saturated heterocycles. The minimum absolute atomic E-state index is 0.165. The fraction of sp³-hybridized carbons (Fsp3) is 0.0870. The van der Waals surface area contributed by atoms with Gasteiger partial charge in [0.05, 0.1) is 12.2 Å². The third-order valence-corrected chi connectivity index (χ3v) is 5.14. The van der Waals surface area contributed by atoms with Gasteiger partial charge in [0.2, 0.25) is 5.60 Å². The van der Waals surface area contributed by atoms with Crippen LogP contribution in [0.3, 0.4) is 0 Å². The lowest BCUT2D eigenvalue weighted by Crippen LogP contribution is -2.39. The van der Waals surface area contributed by atoms with Gasteiger partial charge in [-0.25, -0.2) is 4.39 Å². The number of hydrogen-bond donors (Lipinski definition) is 1. The monoisotopic (exact) mass is 435 g/mol. The molecule has 5 heteroatoms. The number of halogens is 2. The van der Waals surface area contributed by atoms with E-state index in [4.69, 9.17) is 0 Å². The van der Waals surface area contributed by atoms with Gasteiger partial charge in [0.1, 0.15) is 5.82 Å². The van der Waals surface area contributed by atoms with Crippen molar-refractivity contribution in [3.8, 4) is 11.8 Å². The van der Waals surface area contributed by atoms with E-state index in [9.17, 15) is 14.3 Å². The maximum Gasteiger partial charge on any atom is 0.276 e. The van der Waals surface area contributed by atoms with Crippen LogP contribution in [0.25, 0.3) is 0 Å². The zero-order valence-electron chi connectivity index (χ0n) is 14.7. The Balaban J connectivity index is 1.77. The lowest BCUT2D eigenvalue weighted by atomic mass is 9.95. The smallest absolute Gasteiger partial charge is 0.276 e. The number of carbonyl (C=O) groups excluding carboxylic acids is 1. The first-order valence-electron chi connectivity index (χ1n) is 8.64. The highest BCUT2D eigenvalue weighted by atomic mass is 79.9. The molecule has 138 valence electrons. The molecule has 28 heavy (non-hydrogen) atoms. The number of carbonyl (C=O) groups is 1. The van der Waals surface area contributed by atoms with Crippen molar-refractivity contribution in [2.45, 2.75) is 12.1 Å². The fourth-order valence-electron chi connectivity index (χ4n) is 3.19. The molecule has 0 fully saturated rings. The number of hydrogen-bond acceptors (Lipinski definition) is 2. The Bertz CT molecular complexity index is 1100. The molecule has 1 unspecified atom stereocenters. The Morgan fingerprint density at radius 1 is 1.04 bits per heavy atom. The molecule has 1 amide bonds. The van der Waals surface area contributed by atoms with Gasteiger partial charge in [-0.15, -0.1) is 0 Å². The van der Waals surface area contributed by atoms with Gasteiger partial charge in [0.25, 0.3) is 5.91 Å². The first kappa shape index (κ1) is 18.4. The number of aliphatic hydroxyl groups is 1.